The quantitative estimate of drug-likeness (QED) is 0.482. The standard InChI is InChI=1S/C21H32Cl2N4O2S/c1-26-10-12-27(13-11-26)9-4-3-8-24-21(29)19(7-14-30-2)25-20(28)17-6-5-16(22)15-18(17)23/h5-6,15,19H,3-4,7-14H2,1-2H3,(H,24,29)(H,25,28). The molecule has 1 fully saturated rings. The molecule has 0 aliphatic carbocycles. The number of rotatable bonds is 11. The van der Waals surface area contributed by atoms with Gasteiger partial charge in [0, 0.05) is 37.7 Å². The van der Waals surface area contributed by atoms with Gasteiger partial charge in [-0.1, -0.05) is 23.2 Å². The first-order valence-electron chi connectivity index (χ1n) is 10.3. The van der Waals surface area contributed by atoms with Crippen LogP contribution in [0, 0.1) is 0 Å². The number of nitrogens with one attached hydrogen (secondary N) is 2. The number of carbonyl (C=O) groups excluding carboxylic acids is 2. The molecule has 1 saturated heterocycles. The van der Waals surface area contributed by atoms with Crippen molar-refractivity contribution in [3.8, 4) is 0 Å². The molecule has 1 atom stereocenters. The van der Waals surface area contributed by atoms with Crippen molar-refractivity contribution < 1.29 is 9.59 Å². The van der Waals surface area contributed by atoms with E-state index in [1.54, 1.807) is 23.9 Å². The van der Waals surface area contributed by atoms with E-state index in [-0.39, 0.29) is 16.8 Å². The van der Waals surface area contributed by atoms with Gasteiger partial charge in [0.05, 0.1) is 10.6 Å². The third-order valence-electron chi connectivity index (χ3n) is 5.20. The average molecular weight is 475 g/mol. The predicted molar refractivity (Wildman–Crippen MR) is 127 cm³/mol. The van der Waals surface area contributed by atoms with Gasteiger partial charge in [-0.2, -0.15) is 11.8 Å². The number of hydrogen-bond donors (Lipinski definition) is 2. The fraction of sp³-hybridized carbons (Fsp3) is 0.619. The highest BCUT2D eigenvalue weighted by Crippen LogP contribution is 2.21. The van der Waals surface area contributed by atoms with Crippen LogP contribution >= 0.6 is 35.0 Å². The molecule has 9 heteroatoms. The zero-order valence-corrected chi connectivity index (χ0v) is 20.1. The normalized spacial score (nSPS) is 16.3. The maximum atomic E-state index is 12.7. The van der Waals surface area contributed by atoms with Crippen molar-refractivity contribution in [3.63, 3.8) is 0 Å². The molecule has 1 aromatic rings. The fourth-order valence-electron chi connectivity index (χ4n) is 3.28. The minimum absolute atomic E-state index is 0.151. The summed E-state index contributed by atoms with van der Waals surface area (Å²) in [5.74, 6) is 0.255. The molecule has 2 N–H and O–H groups in total. The summed E-state index contributed by atoms with van der Waals surface area (Å²) in [5, 5.41) is 6.53. The van der Waals surface area contributed by atoms with Gasteiger partial charge in [0.2, 0.25) is 5.91 Å². The number of piperazine rings is 1. The number of benzene rings is 1. The molecule has 0 bridgehead atoms. The zero-order valence-electron chi connectivity index (χ0n) is 17.8. The van der Waals surface area contributed by atoms with Gasteiger partial charge in [0.25, 0.3) is 5.91 Å². The molecule has 1 aliphatic rings. The number of likely N-dealkylation sites (N-methyl/N-ethyl adjacent to an activating group) is 1. The van der Waals surface area contributed by atoms with E-state index in [4.69, 9.17) is 23.2 Å². The molecule has 6 nitrogen and oxygen atoms in total. The molecule has 1 unspecified atom stereocenters. The molecule has 2 rings (SSSR count). The monoisotopic (exact) mass is 474 g/mol. The van der Waals surface area contributed by atoms with E-state index in [0.717, 1.165) is 51.3 Å². The number of nitrogens with zero attached hydrogens (tertiary/aromatic N) is 2. The van der Waals surface area contributed by atoms with Crippen molar-refractivity contribution in [2.75, 3.05) is 58.3 Å². The molecule has 1 heterocycles. The van der Waals surface area contributed by atoms with Gasteiger partial charge in [0.1, 0.15) is 6.04 Å². The highest BCUT2D eigenvalue weighted by Gasteiger charge is 2.22. The molecule has 2 amide bonds. The summed E-state index contributed by atoms with van der Waals surface area (Å²) in [5.41, 5.74) is 0.315. The Balaban J connectivity index is 1.77. The van der Waals surface area contributed by atoms with Crippen LogP contribution in [0.1, 0.15) is 29.6 Å². The van der Waals surface area contributed by atoms with E-state index in [2.05, 4.69) is 27.5 Å². The molecular formula is C21H32Cl2N4O2S. The van der Waals surface area contributed by atoms with Gasteiger partial charge < -0.3 is 20.4 Å². The van der Waals surface area contributed by atoms with Crippen LogP contribution in [0.2, 0.25) is 10.0 Å². The van der Waals surface area contributed by atoms with Crippen LogP contribution in [-0.2, 0) is 4.79 Å². The second-order valence-electron chi connectivity index (χ2n) is 7.57. The lowest BCUT2D eigenvalue weighted by atomic mass is 10.1. The number of amides is 2. The Morgan fingerprint density at radius 2 is 1.90 bits per heavy atom. The van der Waals surface area contributed by atoms with Crippen LogP contribution in [0.4, 0.5) is 0 Å². The Labute approximate surface area is 194 Å². The molecule has 168 valence electrons. The second-order valence-corrected chi connectivity index (χ2v) is 9.40. The first-order valence-corrected chi connectivity index (χ1v) is 12.5. The molecule has 0 spiro atoms. The summed E-state index contributed by atoms with van der Waals surface area (Å²) >= 11 is 13.7. The van der Waals surface area contributed by atoms with Gasteiger partial charge in [-0.15, -0.1) is 0 Å². The third-order valence-corrected chi connectivity index (χ3v) is 6.40. The molecule has 30 heavy (non-hydrogen) atoms. The van der Waals surface area contributed by atoms with Crippen LogP contribution in [0.25, 0.3) is 0 Å². The van der Waals surface area contributed by atoms with E-state index in [9.17, 15) is 9.59 Å². The minimum Gasteiger partial charge on any atom is -0.354 e. The number of carbonyl (C=O) groups is 2. The predicted octanol–water partition coefficient (Wildman–Crippen LogP) is 2.99. The Bertz CT molecular complexity index is 700. The van der Waals surface area contributed by atoms with E-state index in [0.29, 0.717) is 23.6 Å². The topological polar surface area (TPSA) is 64.7 Å². The largest absolute Gasteiger partial charge is 0.354 e. The Kier molecular flexibility index (Phi) is 11.3. The van der Waals surface area contributed by atoms with Crippen LogP contribution in [0.5, 0.6) is 0 Å². The maximum Gasteiger partial charge on any atom is 0.253 e. The van der Waals surface area contributed by atoms with Crippen molar-refractivity contribution in [2.24, 2.45) is 0 Å². The van der Waals surface area contributed by atoms with Crippen molar-refractivity contribution in [1.29, 1.82) is 0 Å². The number of thioether (sulfide) groups is 1. The lowest BCUT2D eigenvalue weighted by Crippen LogP contribution is -2.47. The SMILES string of the molecule is CSCCC(NC(=O)c1ccc(Cl)cc1Cl)C(=O)NCCCCN1CCN(C)CC1. The van der Waals surface area contributed by atoms with Crippen molar-refractivity contribution in [1.82, 2.24) is 20.4 Å². The Hall–Kier alpha value is -0.990. The number of unbranched alkanes of at least 4 members (excludes halogenated alkanes) is 1. The van der Waals surface area contributed by atoms with Crippen molar-refractivity contribution in [3.05, 3.63) is 33.8 Å². The van der Waals surface area contributed by atoms with Gasteiger partial charge >= 0.3 is 0 Å². The van der Waals surface area contributed by atoms with Crippen molar-refractivity contribution in [2.45, 2.75) is 25.3 Å². The summed E-state index contributed by atoms with van der Waals surface area (Å²) in [6.45, 7) is 6.12. The molecular weight excluding hydrogens is 443 g/mol. The van der Waals surface area contributed by atoms with Crippen molar-refractivity contribution >= 4 is 46.8 Å². The number of hydrogen-bond acceptors (Lipinski definition) is 5. The fourth-order valence-corrected chi connectivity index (χ4v) is 4.25. The zero-order chi connectivity index (χ0) is 21.9. The van der Waals surface area contributed by atoms with Crippen LogP contribution < -0.4 is 10.6 Å². The van der Waals surface area contributed by atoms with E-state index in [1.807, 2.05) is 6.26 Å². The smallest absolute Gasteiger partial charge is 0.253 e. The molecule has 1 aromatic carbocycles. The first-order chi connectivity index (χ1) is 14.4. The van der Waals surface area contributed by atoms with E-state index >= 15 is 0 Å². The molecule has 1 aliphatic heterocycles. The van der Waals surface area contributed by atoms with E-state index < -0.39 is 6.04 Å². The maximum absolute atomic E-state index is 12.7. The average Bonchev–Trinajstić information content (AvgIpc) is 2.71. The highest BCUT2D eigenvalue weighted by molar-refractivity contribution is 7.98. The van der Waals surface area contributed by atoms with Crippen LogP contribution in [-0.4, -0.2) is 86.0 Å². The van der Waals surface area contributed by atoms with Gasteiger partial charge in [0.15, 0.2) is 0 Å². The summed E-state index contributed by atoms with van der Waals surface area (Å²) in [6, 6.07) is 4.12. The van der Waals surface area contributed by atoms with Crippen LogP contribution in [0.15, 0.2) is 18.2 Å². The molecule has 0 aromatic heterocycles. The van der Waals surface area contributed by atoms with Gasteiger partial charge in [-0.3, -0.25) is 9.59 Å². The Morgan fingerprint density at radius 3 is 2.57 bits per heavy atom. The molecule has 0 radical (unpaired) electrons. The minimum atomic E-state index is -0.589. The van der Waals surface area contributed by atoms with Crippen LogP contribution in [0.3, 0.4) is 0 Å². The molecule has 0 saturated carbocycles. The second kappa shape index (κ2) is 13.4. The van der Waals surface area contributed by atoms with Gasteiger partial charge in [-0.05, 0) is 63.1 Å². The summed E-state index contributed by atoms with van der Waals surface area (Å²) in [7, 11) is 2.15. The lowest BCUT2D eigenvalue weighted by molar-refractivity contribution is -0.123. The summed E-state index contributed by atoms with van der Waals surface area (Å²) in [6.07, 6.45) is 4.51. The number of halogens is 2. The van der Waals surface area contributed by atoms with Gasteiger partial charge in [-0.25, -0.2) is 0 Å². The summed E-state index contributed by atoms with van der Waals surface area (Å²) in [4.78, 5) is 30.1. The lowest BCUT2D eigenvalue weighted by Gasteiger charge is -2.32. The van der Waals surface area contributed by atoms with E-state index in [1.165, 1.54) is 6.07 Å². The Morgan fingerprint density at radius 1 is 1.17 bits per heavy atom. The first kappa shape index (κ1) is 25.3. The highest BCUT2D eigenvalue weighted by atomic mass is 35.5. The summed E-state index contributed by atoms with van der Waals surface area (Å²) < 4.78 is 0. The third kappa shape index (κ3) is 8.63.